The summed E-state index contributed by atoms with van der Waals surface area (Å²) in [5.41, 5.74) is 1.26. The maximum absolute atomic E-state index is 11.4. The van der Waals surface area contributed by atoms with E-state index in [2.05, 4.69) is 21.2 Å². The van der Waals surface area contributed by atoms with Crippen molar-refractivity contribution in [3.8, 4) is 0 Å². The topological polar surface area (TPSA) is 49.3 Å². The first kappa shape index (κ1) is 13.9. The van der Waals surface area contributed by atoms with Crippen molar-refractivity contribution >= 4 is 39.2 Å². The number of hydrogen-bond donors (Lipinski definition) is 2. The van der Waals surface area contributed by atoms with Crippen molar-refractivity contribution < 1.29 is 9.90 Å². The van der Waals surface area contributed by atoms with Gasteiger partial charge in [-0.2, -0.15) is 0 Å². The molecule has 0 fully saturated rings. The molecule has 0 saturated carbocycles. The maximum atomic E-state index is 11.4. The monoisotopic (exact) mass is 339 g/mol. The van der Waals surface area contributed by atoms with Gasteiger partial charge in [-0.1, -0.05) is 57.9 Å². The Morgan fingerprint density at radius 1 is 1.21 bits per heavy atom. The molecule has 1 unspecified atom stereocenters. The van der Waals surface area contributed by atoms with Crippen molar-refractivity contribution in [2.45, 2.75) is 6.04 Å². The third kappa shape index (κ3) is 3.49. The van der Waals surface area contributed by atoms with Crippen molar-refractivity contribution in [3.63, 3.8) is 0 Å². The molecule has 2 N–H and O–H groups in total. The molecule has 2 aromatic rings. The quantitative estimate of drug-likeness (QED) is 0.870. The Labute approximate surface area is 124 Å². The molecule has 0 aliphatic heterocycles. The fourth-order valence-electron chi connectivity index (χ4n) is 1.70. The van der Waals surface area contributed by atoms with E-state index < -0.39 is 12.0 Å². The Balaban J connectivity index is 2.29. The van der Waals surface area contributed by atoms with Gasteiger partial charge in [0.15, 0.2) is 6.04 Å². The lowest BCUT2D eigenvalue weighted by atomic mass is 10.1. The van der Waals surface area contributed by atoms with Crippen molar-refractivity contribution in [1.82, 2.24) is 0 Å². The van der Waals surface area contributed by atoms with Crippen molar-refractivity contribution in [2.75, 3.05) is 5.32 Å². The highest BCUT2D eigenvalue weighted by Gasteiger charge is 2.20. The van der Waals surface area contributed by atoms with E-state index in [1.165, 1.54) is 0 Å². The van der Waals surface area contributed by atoms with E-state index in [-0.39, 0.29) is 0 Å². The van der Waals surface area contributed by atoms with Crippen LogP contribution in [0.1, 0.15) is 11.6 Å². The molecule has 1 atom stereocenters. The highest BCUT2D eigenvalue weighted by molar-refractivity contribution is 9.10. The first-order valence-electron chi connectivity index (χ1n) is 5.57. The molecule has 0 heterocycles. The normalized spacial score (nSPS) is 11.9. The standard InChI is InChI=1S/C14H11BrClNO2/c15-10-6-7-12(11(16)8-10)17-13(14(18)19)9-4-2-1-3-5-9/h1-8,13,17H,(H,18,19). The lowest BCUT2D eigenvalue weighted by Gasteiger charge is -2.17. The first-order chi connectivity index (χ1) is 9.08. The van der Waals surface area contributed by atoms with Crippen molar-refractivity contribution in [2.24, 2.45) is 0 Å². The maximum Gasteiger partial charge on any atom is 0.330 e. The Morgan fingerprint density at radius 3 is 2.47 bits per heavy atom. The number of halogens is 2. The lowest BCUT2D eigenvalue weighted by molar-refractivity contribution is -0.138. The van der Waals surface area contributed by atoms with Crippen LogP contribution in [0, 0.1) is 0 Å². The van der Waals surface area contributed by atoms with Crippen LogP contribution in [-0.4, -0.2) is 11.1 Å². The molecule has 19 heavy (non-hydrogen) atoms. The van der Waals surface area contributed by atoms with Gasteiger partial charge in [0.1, 0.15) is 0 Å². The molecule has 2 aromatic carbocycles. The van der Waals surface area contributed by atoms with Crippen LogP contribution in [0.3, 0.4) is 0 Å². The van der Waals surface area contributed by atoms with Gasteiger partial charge in [-0.05, 0) is 23.8 Å². The summed E-state index contributed by atoms with van der Waals surface area (Å²) in [6.07, 6.45) is 0. The highest BCUT2D eigenvalue weighted by atomic mass is 79.9. The van der Waals surface area contributed by atoms with Gasteiger partial charge < -0.3 is 10.4 Å². The Kier molecular flexibility index (Phi) is 4.45. The largest absolute Gasteiger partial charge is 0.479 e. The van der Waals surface area contributed by atoms with Crippen LogP contribution in [0.4, 0.5) is 5.69 Å². The van der Waals surface area contributed by atoms with E-state index in [1.54, 1.807) is 42.5 Å². The zero-order valence-corrected chi connectivity index (χ0v) is 12.1. The fourth-order valence-corrected chi connectivity index (χ4v) is 2.42. The van der Waals surface area contributed by atoms with E-state index in [0.29, 0.717) is 16.3 Å². The Hall–Kier alpha value is -1.52. The van der Waals surface area contributed by atoms with Gasteiger partial charge in [0.05, 0.1) is 10.7 Å². The Bertz CT molecular complexity index is 589. The Morgan fingerprint density at radius 2 is 1.89 bits per heavy atom. The second-order valence-electron chi connectivity index (χ2n) is 3.95. The van der Waals surface area contributed by atoms with Crippen molar-refractivity contribution in [3.05, 3.63) is 63.6 Å². The average molecular weight is 341 g/mol. The number of carboxylic acids is 1. The van der Waals surface area contributed by atoms with E-state index in [1.807, 2.05) is 6.07 Å². The third-order valence-corrected chi connectivity index (χ3v) is 3.42. The molecule has 2 rings (SSSR count). The number of rotatable bonds is 4. The number of carbonyl (C=O) groups is 1. The molecule has 0 amide bonds. The molecule has 0 aliphatic carbocycles. The molecule has 5 heteroatoms. The smallest absolute Gasteiger partial charge is 0.330 e. The summed E-state index contributed by atoms with van der Waals surface area (Å²) in [5, 5.41) is 12.7. The van der Waals surface area contributed by atoms with E-state index >= 15 is 0 Å². The van der Waals surface area contributed by atoms with Gasteiger partial charge >= 0.3 is 5.97 Å². The number of carboxylic acid groups (broad SMARTS) is 1. The van der Waals surface area contributed by atoms with Gasteiger partial charge in [-0.3, -0.25) is 0 Å². The van der Waals surface area contributed by atoms with Gasteiger partial charge in [0.2, 0.25) is 0 Å². The second-order valence-corrected chi connectivity index (χ2v) is 5.27. The van der Waals surface area contributed by atoms with Gasteiger partial charge in [-0.25, -0.2) is 4.79 Å². The van der Waals surface area contributed by atoms with Crippen LogP contribution < -0.4 is 5.32 Å². The minimum Gasteiger partial charge on any atom is -0.479 e. The molecule has 3 nitrogen and oxygen atoms in total. The van der Waals surface area contributed by atoms with Gasteiger partial charge in [-0.15, -0.1) is 0 Å². The molecule has 0 radical (unpaired) electrons. The number of nitrogens with one attached hydrogen (secondary N) is 1. The molecular weight excluding hydrogens is 330 g/mol. The summed E-state index contributed by atoms with van der Waals surface area (Å²) in [5.74, 6) is -0.954. The van der Waals surface area contributed by atoms with Crippen LogP contribution in [-0.2, 0) is 4.79 Å². The van der Waals surface area contributed by atoms with E-state index in [0.717, 1.165) is 4.47 Å². The molecule has 0 aromatic heterocycles. The van der Waals surface area contributed by atoms with Crippen molar-refractivity contribution in [1.29, 1.82) is 0 Å². The van der Waals surface area contributed by atoms with Gasteiger partial charge in [0, 0.05) is 4.47 Å². The van der Waals surface area contributed by atoms with Gasteiger partial charge in [0.25, 0.3) is 0 Å². The lowest BCUT2D eigenvalue weighted by Crippen LogP contribution is -2.20. The number of anilines is 1. The number of aliphatic carboxylic acids is 1. The summed E-state index contributed by atoms with van der Waals surface area (Å²) in [4.78, 5) is 11.4. The molecule has 0 aliphatic rings. The van der Waals surface area contributed by atoms with Crippen LogP contribution in [0.25, 0.3) is 0 Å². The van der Waals surface area contributed by atoms with Crippen LogP contribution in [0.15, 0.2) is 53.0 Å². The van der Waals surface area contributed by atoms with E-state index in [4.69, 9.17) is 11.6 Å². The predicted molar refractivity (Wildman–Crippen MR) is 79.6 cm³/mol. The summed E-state index contributed by atoms with van der Waals surface area (Å²) < 4.78 is 0.842. The minimum absolute atomic E-state index is 0.469. The zero-order valence-electron chi connectivity index (χ0n) is 9.81. The SMILES string of the molecule is O=C(O)C(Nc1ccc(Br)cc1Cl)c1ccccc1. The summed E-state index contributed by atoms with van der Waals surface area (Å²) in [6.45, 7) is 0. The molecule has 98 valence electrons. The zero-order chi connectivity index (χ0) is 13.8. The van der Waals surface area contributed by atoms with Crippen LogP contribution >= 0.6 is 27.5 Å². The minimum atomic E-state index is -0.954. The van der Waals surface area contributed by atoms with Crippen LogP contribution in [0.5, 0.6) is 0 Å². The average Bonchev–Trinajstić information content (AvgIpc) is 2.38. The summed E-state index contributed by atoms with van der Waals surface area (Å²) in [6, 6.07) is 13.4. The highest BCUT2D eigenvalue weighted by Crippen LogP contribution is 2.29. The fraction of sp³-hybridized carbons (Fsp3) is 0.0714. The first-order valence-corrected chi connectivity index (χ1v) is 6.74. The number of benzene rings is 2. The molecule has 0 saturated heterocycles. The van der Waals surface area contributed by atoms with E-state index in [9.17, 15) is 9.90 Å². The molecular formula is C14H11BrClNO2. The van der Waals surface area contributed by atoms with Crippen LogP contribution in [0.2, 0.25) is 5.02 Å². The molecule has 0 bridgehead atoms. The number of hydrogen-bond acceptors (Lipinski definition) is 2. The summed E-state index contributed by atoms with van der Waals surface area (Å²) in [7, 11) is 0. The molecule has 0 spiro atoms. The summed E-state index contributed by atoms with van der Waals surface area (Å²) >= 11 is 9.39. The second kappa shape index (κ2) is 6.08. The predicted octanol–water partition coefficient (Wildman–Crippen LogP) is 4.34. The third-order valence-electron chi connectivity index (χ3n) is 2.61.